The minimum atomic E-state index is -1.13. The van der Waals surface area contributed by atoms with Crippen LogP contribution in [-0.2, 0) is 14.3 Å². The number of anilines is 1. The number of fused-ring (bicyclic) bond motifs is 1. The van der Waals surface area contributed by atoms with Crippen LogP contribution in [0.2, 0.25) is 0 Å². The lowest BCUT2D eigenvalue weighted by atomic mass is 9.82. The monoisotopic (exact) mass is 446 g/mol. The first-order valence-corrected chi connectivity index (χ1v) is 11.1. The summed E-state index contributed by atoms with van der Waals surface area (Å²) in [6, 6.07) is 1.44. The SMILES string of the molecule is CCOC(=O)[C@@H](OC(C)(C)C)c1c(C)nc2cc(C(=O)O)nn2c1N1CCC(C)(C)CC1. The van der Waals surface area contributed by atoms with E-state index in [1.807, 2.05) is 20.8 Å². The van der Waals surface area contributed by atoms with Crippen molar-refractivity contribution in [2.24, 2.45) is 5.41 Å². The number of aromatic carboxylic acids is 1. The molecular weight excluding hydrogens is 412 g/mol. The highest BCUT2D eigenvalue weighted by Gasteiger charge is 2.37. The Morgan fingerprint density at radius 2 is 1.88 bits per heavy atom. The van der Waals surface area contributed by atoms with E-state index in [1.54, 1.807) is 13.8 Å². The minimum Gasteiger partial charge on any atom is -0.476 e. The molecule has 0 aliphatic carbocycles. The van der Waals surface area contributed by atoms with E-state index in [1.165, 1.54) is 10.6 Å². The summed E-state index contributed by atoms with van der Waals surface area (Å²) in [6.07, 6.45) is 0.883. The van der Waals surface area contributed by atoms with Crippen LogP contribution in [0.5, 0.6) is 0 Å². The van der Waals surface area contributed by atoms with Gasteiger partial charge in [-0.3, -0.25) is 0 Å². The maximum atomic E-state index is 13.0. The number of hydrogen-bond acceptors (Lipinski definition) is 7. The summed E-state index contributed by atoms with van der Waals surface area (Å²) in [5, 5.41) is 13.8. The summed E-state index contributed by atoms with van der Waals surface area (Å²) in [5.74, 6) is -0.998. The smallest absolute Gasteiger partial charge is 0.356 e. The van der Waals surface area contributed by atoms with Gasteiger partial charge in [-0.25, -0.2) is 14.6 Å². The maximum absolute atomic E-state index is 13.0. The summed E-state index contributed by atoms with van der Waals surface area (Å²) < 4.78 is 13.1. The Morgan fingerprint density at radius 1 is 1.25 bits per heavy atom. The van der Waals surface area contributed by atoms with Crippen LogP contribution >= 0.6 is 0 Å². The normalized spacial score (nSPS) is 17.4. The first kappa shape index (κ1) is 24.0. The number of aryl methyl sites for hydroxylation is 1. The predicted molar refractivity (Wildman–Crippen MR) is 120 cm³/mol. The van der Waals surface area contributed by atoms with E-state index in [9.17, 15) is 14.7 Å². The lowest BCUT2D eigenvalue weighted by molar-refractivity contribution is -0.166. The highest BCUT2D eigenvalue weighted by molar-refractivity contribution is 5.87. The van der Waals surface area contributed by atoms with Crippen LogP contribution < -0.4 is 4.90 Å². The zero-order valence-electron chi connectivity index (χ0n) is 20.1. The van der Waals surface area contributed by atoms with Crippen LogP contribution in [0.15, 0.2) is 6.07 Å². The van der Waals surface area contributed by atoms with Crippen molar-refractivity contribution in [2.45, 2.75) is 73.0 Å². The molecule has 0 saturated carbocycles. The summed E-state index contributed by atoms with van der Waals surface area (Å²) in [5.41, 5.74) is 1.04. The van der Waals surface area contributed by atoms with Gasteiger partial charge in [-0.05, 0) is 52.9 Å². The first-order valence-electron chi connectivity index (χ1n) is 11.1. The molecule has 1 fully saturated rings. The van der Waals surface area contributed by atoms with E-state index >= 15 is 0 Å². The average molecular weight is 447 g/mol. The number of ether oxygens (including phenoxy) is 2. The molecule has 3 heterocycles. The highest BCUT2D eigenvalue weighted by atomic mass is 16.6. The largest absolute Gasteiger partial charge is 0.476 e. The van der Waals surface area contributed by atoms with Crippen LogP contribution in [0.4, 0.5) is 5.82 Å². The van der Waals surface area contributed by atoms with Crippen molar-refractivity contribution in [1.29, 1.82) is 0 Å². The topological polar surface area (TPSA) is 106 Å². The molecule has 0 aromatic carbocycles. The van der Waals surface area contributed by atoms with Gasteiger partial charge in [-0.15, -0.1) is 0 Å². The molecule has 0 spiro atoms. The second kappa shape index (κ2) is 8.69. The number of carbonyl (C=O) groups is 2. The summed E-state index contributed by atoms with van der Waals surface area (Å²) in [6.45, 7) is 15.4. The standard InChI is InChI=1S/C23H34N4O5/c1-8-31-21(30)18(32-22(3,4)5)17-14(2)24-16-13-15(20(28)29)25-27(16)19(17)26-11-9-23(6,7)10-12-26/h13,18H,8-12H2,1-7H3,(H,28,29)/t18-/m0/s1. The van der Waals surface area contributed by atoms with Gasteiger partial charge in [0.05, 0.1) is 17.8 Å². The van der Waals surface area contributed by atoms with Gasteiger partial charge < -0.3 is 19.5 Å². The van der Waals surface area contributed by atoms with E-state index in [2.05, 4.69) is 28.8 Å². The third-order valence-electron chi connectivity index (χ3n) is 5.67. The number of carboxylic acids is 1. The van der Waals surface area contributed by atoms with Crippen molar-refractivity contribution in [2.75, 3.05) is 24.6 Å². The lowest BCUT2D eigenvalue weighted by Gasteiger charge is -2.39. The fourth-order valence-electron chi connectivity index (χ4n) is 3.95. The van der Waals surface area contributed by atoms with E-state index in [0.717, 1.165) is 25.9 Å². The number of aromatic nitrogens is 3. The maximum Gasteiger partial charge on any atom is 0.356 e. The number of rotatable bonds is 6. The molecule has 0 amide bonds. The van der Waals surface area contributed by atoms with Gasteiger partial charge in [0, 0.05) is 24.8 Å². The van der Waals surface area contributed by atoms with Crippen molar-refractivity contribution in [1.82, 2.24) is 14.6 Å². The molecule has 0 unspecified atom stereocenters. The van der Waals surface area contributed by atoms with Crippen molar-refractivity contribution in [3.63, 3.8) is 0 Å². The summed E-state index contributed by atoms with van der Waals surface area (Å²) in [7, 11) is 0. The molecule has 1 saturated heterocycles. The van der Waals surface area contributed by atoms with Crippen molar-refractivity contribution in [3.8, 4) is 0 Å². The Hall–Kier alpha value is -2.68. The van der Waals surface area contributed by atoms with Gasteiger partial charge in [0.25, 0.3) is 0 Å². The lowest BCUT2D eigenvalue weighted by Crippen LogP contribution is -2.40. The Bertz CT molecular complexity index is 1010. The molecule has 3 rings (SSSR count). The predicted octanol–water partition coefficient (Wildman–Crippen LogP) is 3.78. The van der Waals surface area contributed by atoms with Crippen LogP contribution in [-0.4, -0.2) is 56.9 Å². The Balaban J connectivity index is 2.26. The molecule has 32 heavy (non-hydrogen) atoms. The van der Waals surface area contributed by atoms with Gasteiger partial charge in [-0.1, -0.05) is 13.8 Å². The minimum absolute atomic E-state index is 0.0999. The van der Waals surface area contributed by atoms with Gasteiger partial charge in [0.1, 0.15) is 5.82 Å². The van der Waals surface area contributed by atoms with Crippen LogP contribution in [0.1, 0.15) is 82.2 Å². The number of carbonyl (C=O) groups excluding carboxylic acids is 1. The summed E-state index contributed by atoms with van der Waals surface area (Å²) in [4.78, 5) is 31.4. The number of piperidine rings is 1. The number of hydrogen-bond donors (Lipinski definition) is 1. The van der Waals surface area contributed by atoms with E-state index in [4.69, 9.17) is 9.47 Å². The Morgan fingerprint density at radius 3 is 2.41 bits per heavy atom. The molecule has 9 nitrogen and oxygen atoms in total. The molecule has 1 aliphatic rings. The van der Waals surface area contributed by atoms with Crippen molar-refractivity contribution < 1.29 is 24.2 Å². The molecule has 2 aromatic rings. The molecule has 0 bridgehead atoms. The van der Waals surface area contributed by atoms with Gasteiger partial charge in [0.2, 0.25) is 0 Å². The molecule has 1 N–H and O–H groups in total. The van der Waals surface area contributed by atoms with Crippen LogP contribution in [0, 0.1) is 12.3 Å². The number of esters is 1. The number of carboxylic acid groups (broad SMARTS) is 1. The van der Waals surface area contributed by atoms with Gasteiger partial charge >= 0.3 is 11.9 Å². The zero-order chi connectivity index (χ0) is 23.8. The molecule has 1 atom stereocenters. The Labute approximate surface area is 188 Å². The van der Waals surface area contributed by atoms with E-state index in [-0.39, 0.29) is 17.7 Å². The molecule has 0 radical (unpaired) electrons. The third kappa shape index (κ3) is 5.03. The molecule has 2 aromatic heterocycles. The third-order valence-corrected chi connectivity index (χ3v) is 5.67. The molecule has 9 heteroatoms. The molecule has 176 valence electrons. The number of nitrogens with zero attached hydrogens (tertiary/aromatic N) is 4. The van der Waals surface area contributed by atoms with E-state index in [0.29, 0.717) is 22.7 Å². The van der Waals surface area contributed by atoms with Crippen molar-refractivity contribution in [3.05, 3.63) is 23.0 Å². The fraction of sp³-hybridized carbons (Fsp3) is 0.652. The van der Waals surface area contributed by atoms with Crippen molar-refractivity contribution >= 4 is 23.4 Å². The average Bonchev–Trinajstić information content (AvgIpc) is 3.09. The fourth-order valence-corrected chi connectivity index (χ4v) is 3.95. The second-order valence-corrected chi connectivity index (χ2v) is 10.1. The van der Waals surface area contributed by atoms with Gasteiger partial charge in [-0.2, -0.15) is 9.61 Å². The van der Waals surface area contributed by atoms with Gasteiger partial charge in [0.15, 0.2) is 17.4 Å². The first-order chi connectivity index (χ1) is 14.8. The summed E-state index contributed by atoms with van der Waals surface area (Å²) >= 11 is 0. The van der Waals surface area contributed by atoms with Crippen LogP contribution in [0.25, 0.3) is 5.65 Å². The molecular formula is C23H34N4O5. The Kier molecular flexibility index (Phi) is 6.51. The highest BCUT2D eigenvalue weighted by Crippen LogP contribution is 2.39. The van der Waals surface area contributed by atoms with Crippen LogP contribution in [0.3, 0.4) is 0 Å². The molecule has 1 aliphatic heterocycles. The van der Waals surface area contributed by atoms with E-state index < -0.39 is 23.6 Å². The zero-order valence-corrected chi connectivity index (χ0v) is 20.1. The second-order valence-electron chi connectivity index (χ2n) is 10.1. The quantitative estimate of drug-likeness (QED) is 0.668.